The Balaban J connectivity index is 2.34. The van der Waals surface area contributed by atoms with Gasteiger partial charge in [0.25, 0.3) is 5.56 Å². The first-order valence-electron chi connectivity index (χ1n) is 6.34. The third-order valence-electron chi connectivity index (χ3n) is 3.80. The predicted molar refractivity (Wildman–Crippen MR) is 73.3 cm³/mol. The summed E-state index contributed by atoms with van der Waals surface area (Å²) in [7, 11) is 0. The summed E-state index contributed by atoms with van der Waals surface area (Å²) in [5.74, 6) is 0. The van der Waals surface area contributed by atoms with Gasteiger partial charge in [-0.05, 0) is 31.4 Å². The van der Waals surface area contributed by atoms with Gasteiger partial charge in [0, 0.05) is 23.7 Å². The second kappa shape index (κ2) is 4.39. The summed E-state index contributed by atoms with van der Waals surface area (Å²) in [5, 5.41) is 1.46. The zero-order chi connectivity index (χ0) is 12.7. The van der Waals surface area contributed by atoms with Crippen molar-refractivity contribution in [2.45, 2.75) is 38.6 Å². The van der Waals surface area contributed by atoms with Gasteiger partial charge in [0.05, 0.1) is 5.52 Å². The molecule has 0 atom stereocenters. The Morgan fingerprint density at radius 2 is 2.06 bits per heavy atom. The number of hydrogen-bond donors (Lipinski definition) is 0. The van der Waals surface area contributed by atoms with E-state index in [1.165, 1.54) is 12.8 Å². The monoisotopic (exact) mass is 262 g/mol. The molecule has 0 spiro atoms. The van der Waals surface area contributed by atoms with Crippen LogP contribution in [0.2, 0.25) is 5.15 Å². The molecule has 3 rings (SSSR count). The predicted octanol–water partition coefficient (Wildman–Crippen LogP) is 3.47. The molecule has 1 aliphatic carbocycles. The number of aryl methyl sites for hydroxylation is 1. The highest BCUT2D eigenvalue weighted by atomic mass is 35.5. The van der Waals surface area contributed by atoms with E-state index in [4.69, 9.17) is 11.6 Å². The molecule has 0 aromatic carbocycles. The van der Waals surface area contributed by atoms with E-state index in [1.54, 1.807) is 12.3 Å². The molecule has 3 nitrogen and oxygen atoms in total. The SMILES string of the molecule is Cc1cc(=O)n(C2CCCC2)c2cc(Cl)ncc12. The molecule has 2 aromatic rings. The lowest BCUT2D eigenvalue weighted by Gasteiger charge is -2.17. The fourth-order valence-electron chi connectivity index (χ4n) is 2.91. The van der Waals surface area contributed by atoms with E-state index in [9.17, 15) is 4.79 Å². The van der Waals surface area contributed by atoms with E-state index in [-0.39, 0.29) is 5.56 Å². The van der Waals surface area contributed by atoms with Crippen molar-refractivity contribution in [2.75, 3.05) is 0 Å². The summed E-state index contributed by atoms with van der Waals surface area (Å²) >= 11 is 5.98. The minimum absolute atomic E-state index is 0.0779. The Kier molecular flexibility index (Phi) is 2.86. The second-order valence-electron chi connectivity index (χ2n) is 5.00. The van der Waals surface area contributed by atoms with E-state index >= 15 is 0 Å². The lowest BCUT2D eigenvalue weighted by atomic mass is 10.1. The van der Waals surface area contributed by atoms with Gasteiger partial charge in [-0.15, -0.1) is 0 Å². The summed E-state index contributed by atoms with van der Waals surface area (Å²) < 4.78 is 1.91. The molecule has 94 valence electrons. The van der Waals surface area contributed by atoms with Crippen molar-refractivity contribution in [3.8, 4) is 0 Å². The van der Waals surface area contributed by atoms with Crippen LogP contribution in [0.5, 0.6) is 0 Å². The number of nitrogens with zero attached hydrogens (tertiary/aromatic N) is 2. The molecule has 1 aliphatic rings. The number of hydrogen-bond acceptors (Lipinski definition) is 2. The number of pyridine rings is 2. The molecule has 4 heteroatoms. The first kappa shape index (κ1) is 11.7. The fraction of sp³-hybridized carbons (Fsp3) is 0.429. The van der Waals surface area contributed by atoms with Gasteiger partial charge in [-0.25, -0.2) is 4.98 Å². The van der Waals surface area contributed by atoms with Gasteiger partial charge in [-0.3, -0.25) is 4.79 Å². The molecule has 0 N–H and O–H groups in total. The van der Waals surface area contributed by atoms with Crippen LogP contribution < -0.4 is 5.56 Å². The second-order valence-corrected chi connectivity index (χ2v) is 5.39. The molecule has 0 unspecified atom stereocenters. The van der Waals surface area contributed by atoms with Gasteiger partial charge in [0.2, 0.25) is 0 Å². The van der Waals surface area contributed by atoms with Crippen LogP contribution in [0.4, 0.5) is 0 Å². The zero-order valence-electron chi connectivity index (χ0n) is 10.3. The standard InChI is InChI=1S/C14H15ClN2O/c1-9-6-14(18)17(10-4-2-3-5-10)12-7-13(15)16-8-11(9)12/h6-8,10H,2-5H2,1H3. The molecule has 0 amide bonds. The van der Waals surface area contributed by atoms with Crippen LogP contribution >= 0.6 is 11.6 Å². The molecule has 2 aromatic heterocycles. The highest BCUT2D eigenvalue weighted by molar-refractivity contribution is 6.30. The molecular weight excluding hydrogens is 248 g/mol. The van der Waals surface area contributed by atoms with E-state index < -0.39 is 0 Å². The van der Waals surface area contributed by atoms with Crippen LogP contribution in [0.3, 0.4) is 0 Å². The summed E-state index contributed by atoms with van der Waals surface area (Å²) in [5.41, 5.74) is 1.97. The third-order valence-corrected chi connectivity index (χ3v) is 4.01. The van der Waals surface area contributed by atoms with E-state index in [0.717, 1.165) is 29.3 Å². The van der Waals surface area contributed by atoms with Crippen molar-refractivity contribution >= 4 is 22.5 Å². The van der Waals surface area contributed by atoms with Gasteiger partial charge in [-0.2, -0.15) is 0 Å². The zero-order valence-corrected chi connectivity index (χ0v) is 11.1. The fourth-order valence-corrected chi connectivity index (χ4v) is 3.07. The van der Waals surface area contributed by atoms with Gasteiger partial charge in [-0.1, -0.05) is 24.4 Å². The van der Waals surface area contributed by atoms with Gasteiger partial charge in [0.1, 0.15) is 5.15 Å². The maximum Gasteiger partial charge on any atom is 0.251 e. The van der Waals surface area contributed by atoms with Crippen molar-refractivity contribution < 1.29 is 0 Å². The molecule has 1 saturated carbocycles. The van der Waals surface area contributed by atoms with E-state index in [0.29, 0.717) is 11.2 Å². The van der Waals surface area contributed by atoms with E-state index in [2.05, 4.69) is 4.98 Å². The molecule has 18 heavy (non-hydrogen) atoms. The van der Waals surface area contributed by atoms with Gasteiger partial charge < -0.3 is 4.57 Å². The maximum atomic E-state index is 12.3. The van der Waals surface area contributed by atoms with Gasteiger partial charge >= 0.3 is 0 Å². The quantitative estimate of drug-likeness (QED) is 0.738. The first-order valence-corrected chi connectivity index (χ1v) is 6.72. The van der Waals surface area contributed by atoms with Crippen molar-refractivity contribution in [2.24, 2.45) is 0 Å². The minimum atomic E-state index is 0.0779. The average Bonchev–Trinajstić information content (AvgIpc) is 2.82. The highest BCUT2D eigenvalue weighted by Gasteiger charge is 2.20. The Morgan fingerprint density at radius 1 is 1.33 bits per heavy atom. The summed E-state index contributed by atoms with van der Waals surface area (Å²) in [6.45, 7) is 1.94. The normalized spacial score (nSPS) is 16.6. The van der Waals surface area contributed by atoms with Crippen LogP contribution in [-0.4, -0.2) is 9.55 Å². The molecule has 0 bridgehead atoms. The van der Waals surface area contributed by atoms with Crippen molar-refractivity contribution in [3.05, 3.63) is 39.4 Å². The summed E-state index contributed by atoms with van der Waals surface area (Å²) in [6, 6.07) is 3.83. The molecule has 2 heterocycles. The minimum Gasteiger partial charge on any atom is -0.305 e. The molecule has 0 radical (unpaired) electrons. The molecular formula is C14H15ClN2O. The lowest BCUT2D eigenvalue weighted by molar-refractivity contribution is 0.519. The van der Waals surface area contributed by atoms with Crippen molar-refractivity contribution in [1.29, 1.82) is 0 Å². The van der Waals surface area contributed by atoms with Crippen LogP contribution in [0.25, 0.3) is 10.9 Å². The average molecular weight is 263 g/mol. The number of halogens is 1. The van der Waals surface area contributed by atoms with Crippen LogP contribution in [0, 0.1) is 6.92 Å². The Labute approximate surface area is 110 Å². The van der Waals surface area contributed by atoms with Crippen LogP contribution in [0.1, 0.15) is 37.3 Å². The smallest absolute Gasteiger partial charge is 0.251 e. The summed E-state index contributed by atoms with van der Waals surface area (Å²) in [6.07, 6.45) is 6.32. The third kappa shape index (κ3) is 1.83. The highest BCUT2D eigenvalue weighted by Crippen LogP contribution is 2.31. The first-order chi connectivity index (χ1) is 8.66. The van der Waals surface area contributed by atoms with Crippen LogP contribution in [0.15, 0.2) is 23.1 Å². The van der Waals surface area contributed by atoms with Gasteiger partial charge in [0.15, 0.2) is 0 Å². The van der Waals surface area contributed by atoms with Crippen LogP contribution in [-0.2, 0) is 0 Å². The number of aromatic nitrogens is 2. The number of rotatable bonds is 1. The number of fused-ring (bicyclic) bond motifs is 1. The Bertz CT molecular complexity index is 657. The molecule has 0 aliphatic heterocycles. The Hall–Kier alpha value is -1.35. The molecule has 0 saturated heterocycles. The topological polar surface area (TPSA) is 34.9 Å². The lowest BCUT2D eigenvalue weighted by Crippen LogP contribution is -2.23. The summed E-state index contributed by atoms with van der Waals surface area (Å²) in [4.78, 5) is 16.4. The molecule has 1 fully saturated rings. The largest absolute Gasteiger partial charge is 0.305 e. The van der Waals surface area contributed by atoms with Crippen molar-refractivity contribution in [1.82, 2.24) is 9.55 Å². The maximum absolute atomic E-state index is 12.3. The Morgan fingerprint density at radius 3 is 2.78 bits per heavy atom. The van der Waals surface area contributed by atoms with Crippen molar-refractivity contribution in [3.63, 3.8) is 0 Å². The van der Waals surface area contributed by atoms with E-state index in [1.807, 2.05) is 17.6 Å².